The van der Waals surface area contributed by atoms with Crippen LogP contribution in [0.5, 0.6) is 11.5 Å². The molecule has 0 aliphatic rings. The van der Waals surface area contributed by atoms with Gasteiger partial charge in [-0.15, -0.1) is 0 Å². The van der Waals surface area contributed by atoms with Gasteiger partial charge in [-0.25, -0.2) is 0 Å². The number of benzene rings is 1. The van der Waals surface area contributed by atoms with Crippen LogP contribution in [0.4, 0.5) is 11.4 Å². The number of likely N-dealkylation sites (N-methyl/N-ethyl adjacent to an activating group) is 1. The number of anilines is 2. The smallest absolute Gasteiger partial charge is 0.162 e. The van der Waals surface area contributed by atoms with Crippen molar-refractivity contribution >= 4 is 11.4 Å². The van der Waals surface area contributed by atoms with E-state index in [0.29, 0.717) is 30.3 Å². The molecule has 114 valence electrons. The summed E-state index contributed by atoms with van der Waals surface area (Å²) in [6.07, 6.45) is 0. The lowest BCUT2D eigenvalue weighted by Gasteiger charge is -2.14. The zero-order valence-electron chi connectivity index (χ0n) is 12.7. The van der Waals surface area contributed by atoms with E-state index in [0.717, 1.165) is 18.8 Å². The van der Waals surface area contributed by atoms with Gasteiger partial charge in [-0.3, -0.25) is 0 Å². The van der Waals surface area contributed by atoms with Gasteiger partial charge in [-0.2, -0.15) is 0 Å². The topological polar surface area (TPSA) is 69.0 Å². The van der Waals surface area contributed by atoms with Gasteiger partial charge in [-0.1, -0.05) is 0 Å². The van der Waals surface area contributed by atoms with Crippen LogP contribution in [0.15, 0.2) is 12.1 Å². The zero-order valence-corrected chi connectivity index (χ0v) is 12.7. The molecular weight excluding hydrogens is 258 g/mol. The third kappa shape index (κ3) is 5.14. The van der Waals surface area contributed by atoms with Crippen LogP contribution in [0.25, 0.3) is 0 Å². The maximum Gasteiger partial charge on any atom is 0.162 e. The number of rotatable bonds is 9. The Hall–Kier alpha value is -1.66. The molecule has 6 nitrogen and oxygen atoms in total. The summed E-state index contributed by atoms with van der Waals surface area (Å²) in [4.78, 5) is 2.08. The first-order valence-corrected chi connectivity index (χ1v) is 6.56. The lowest BCUT2D eigenvalue weighted by atomic mass is 10.2. The van der Waals surface area contributed by atoms with Crippen molar-refractivity contribution < 1.29 is 14.2 Å². The van der Waals surface area contributed by atoms with Crippen molar-refractivity contribution in [2.24, 2.45) is 0 Å². The predicted molar refractivity (Wildman–Crippen MR) is 81.8 cm³/mol. The molecule has 1 aromatic carbocycles. The Bertz CT molecular complexity index is 411. The highest BCUT2D eigenvalue weighted by atomic mass is 16.5. The van der Waals surface area contributed by atoms with Crippen LogP contribution < -0.4 is 20.5 Å². The third-order valence-electron chi connectivity index (χ3n) is 2.80. The van der Waals surface area contributed by atoms with Gasteiger partial charge in [0.2, 0.25) is 0 Å². The standard InChI is InChI=1S/C14H25N3O3/c1-17(2)6-8-20-7-5-16-12-10-14(19-4)13(18-3)9-11(12)15/h9-10,16H,5-8,15H2,1-4H3. The lowest BCUT2D eigenvalue weighted by molar-refractivity contribution is 0.126. The molecule has 0 fully saturated rings. The van der Waals surface area contributed by atoms with Gasteiger partial charge in [-0.05, 0) is 14.1 Å². The van der Waals surface area contributed by atoms with E-state index >= 15 is 0 Å². The number of methoxy groups -OCH3 is 2. The minimum Gasteiger partial charge on any atom is -0.493 e. The first kappa shape index (κ1) is 16.4. The summed E-state index contributed by atoms with van der Waals surface area (Å²) in [5.74, 6) is 1.27. The van der Waals surface area contributed by atoms with Gasteiger partial charge in [0, 0.05) is 25.2 Å². The van der Waals surface area contributed by atoms with E-state index in [-0.39, 0.29) is 0 Å². The summed E-state index contributed by atoms with van der Waals surface area (Å²) in [7, 11) is 7.23. The number of hydrogen-bond donors (Lipinski definition) is 2. The van der Waals surface area contributed by atoms with Gasteiger partial charge < -0.3 is 30.2 Å². The molecule has 0 aliphatic carbocycles. The molecule has 0 spiro atoms. The van der Waals surface area contributed by atoms with Gasteiger partial charge >= 0.3 is 0 Å². The van der Waals surface area contributed by atoms with Gasteiger partial charge in [0.1, 0.15) is 0 Å². The molecule has 0 amide bonds. The Morgan fingerprint density at radius 2 is 1.75 bits per heavy atom. The number of nitrogens with zero attached hydrogens (tertiary/aromatic N) is 1. The van der Waals surface area contributed by atoms with Crippen LogP contribution in [-0.2, 0) is 4.74 Å². The van der Waals surface area contributed by atoms with Crippen molar-refractivity contribution in [2.75, 3.05) is 65.7 Å². The molecule has 0 atom stereocenters. The van der Waals surface area contributed by atoms with E-state index in [2.05, 4.69) is 10.2 Å². The van der Waals surface area contributed by atoms with E-state index < -0.39 is 0 Å². The van der Waals surface area contributed by atoms with Crippen LogP contribution in [0, 0.1) is 0 Å². The molecule has 0 saturated heterocycles. The molecule has 6 heteroatoms. The summed E-state index contributed by atoms with van der Waals surface area (Å²) in [5.41, 5.74) is 7.40. The number of nitrogen functional groups attached to an aromatic ring is 1. The Morgan fingerprint density at radius 3 is 2.35 bits per heavy atom. The lowest BCUT2D eigenvalue weighted by Crippen LogP contribution is -2.20. The average molecular weight is 283 g/mol. The second-order valence-corrected chi connectivity index (χ2v) is 4.64. The van der Waals surface area contributed by atoms with E-state index in [1.54, 1.807) is 20.3 Å². The molecule has 0 aromatic heterocycles. The fraction of sp³-hybridized carbons (Fsp3) is 0.571. The monoisotopic (exact) mass is 283 g/mol. The average Bonchev–Trinajstić information content (AvgIpc) is 2.43. The van der Waals surface area contributed by atoms with Crippen molar-refractivity contribution in [2.45, 2.75) is 0 Å². The fourth-order valence-electron chi connectivity index (χ4n) is 1.65. The normalized spacial score (nSPS) is 10.7. The summed E-state index contributed by atoms with van der Waals surface area (Å²) in [6, 6.07) is 3.57. The maximum atomic E-state index is 5.96. The van der Waals surface area contributed by atoms with E-state index in [1.165, 1.54) is 0 Å². The first-order chi connectivity index (χ1) is 9.58. The molecule has 0 heterocycles. The Labute approximate surface area is 120 Å². The Balaban J connectivity index is 2.43. The van der Waals surface area contributed by atoms with Crippen LogP contribution in [0.1, 0.15) is 0 Å². The maximum absolute atomic E-state index is 5.96. The zero-order chi connectivity index (χ0) is 15.0. The number of nitrogens with one attached hydrogen (secondary N) is 1. The highest BCUT2D eigenvalue weighted by Gasteiger charge is 2.08. The highest BCUT2D eigenvalue weighted by molar-refractivity contribution is 5.72. The Kier molecular flexibility index (Phi) is 6.97. The molecule has 0 bridgehead atoms. The molecule has 0 aliphatic heterocycles. The second kappa shape index (κ2) is 8.50. The molecule has 1 aromatic rings. The summed E-state index contributed by atoms with van der Waals surface area (Å²) in [6.45, 7) is 2.95. The van der Waals surface area contributed by atoms with Crippen molar-refractivity contribution in [3.8, 4) is 11.5 Å². The van der Waals surface area contributed by atoms with E-state index in [1.807, 2.05) is 20.2 Å². The minimum absolute atomic E-state index is 0.621. The SMILES string of the molecule is COc1cc(N)c(NCCOCCN(C)C)cc1OC. The quantitative estimate of drug-likeness (QED) is 0.525. The molecule has 3 N–H and O–H groups in total. The van der Waals surface area contributed by atoms with Crippen molar-refractivity contribution in [3.63, 3.8) is 0 Å². The number of ether oxygens (including phenoxy) is 3. The number of nitrogens with two attached hydrogens (primary N) is 1. The van der Waals surface area contributed by atoms with Crippen molar-refractivity contribution in [3.05, 3.63) is 12.1 Å². The number of hydrogen-bond acceptors (Lipinski definition) is 6. The van der Waals surface area contributed by atoms with Gasteiger partial charge in [0.15, 0.2) is 11.5 Å². The van der Waals surface area contributed by atoms with Crippen LogP contribution in [-0.4, -0.2) is 59.5 Å². The molecular formula is C14H25N3O3. The van der Waals surface area contributed by atoms with Crippen LogP contribution in [0.3, 0.4) is 0 Å². The van der Waals surface area contributed by atoms with Gasteiger partial charge in [0.25, 0.3) is 0 Å². The second-order valence-electron chi connectivity index (χ2n) is 4.64. The molecule has 0 saturated carbocycles. The molecule has 1 rings (SSSR count). The Morgan fingerprint density at radius 1 is 1.10 bits per heavy atom. The summed E-state index contributed by atoms with van der Waals surface area (Å²) in [5, 5.41) is 3.23. The predicted octanol–water partition coefficient (Wildman–Crippen LogP) is 1.28. The largest absolute Gasteiger partial charge is 0.493 e. The first-order valence-electron chi connectivity index (χ1n) is 6.56. The molecule has 0 radical (unpaired) electrons. The van der Waals surface area contributed by atoms with Crippen LogP contribution in [0.2, 0.25) is 0 Å². The minimum atomic E-state index is 0.621. The van der Waals surface area contributed by atoms with Crippen molar-refractivity contribution in [1.82, 2.24) is 4.90 Å². The molecule has 20 heavy (non-hydrogen) atoms. The molecule has 0 unspecified atom stereocenters. The van der Waals surface area contributed by atoms with Gasteiger partial charge in [0.05, 0.1) is 38.8 Å². The van der Waals surface area contributed by atoms with E-state index in [4.69, 9.17) is 19.9 Å². The third-order valence-corrected chi connectivity index (χ3v) is 2.80. The summed E-state index contributed by atoms with van der Waals surface area (Å²) < 4.78 is 15.9. The fourth-order valence-corrected chi connectivity index (χ4v) is 1.65. The van der Waals surface area contributed by atoms with Crippen LogP contribution >= 0.6 is 0 Å². The van der Waals surface area contributed by atoms with Crippen molar-refractivity contribution in [1.29, 1.82) is 0 Å². The van der Waals surface area contributed by atoms with E-state index in [9.17, 15) is 0 Å². The summed E-state index contributed by atoms with van der Waals surface area (Å²) >= 11 is 0. The highest BCUT2D eigenvalue weighted by Crippen LogP contribution is 2.34.